The first-order valence-corrected chi connectivity index (χ1v) is 10.6. The summed E-state index contributed by atoms with van der Waals surface area (Å²) in [6, 6.07) is 5.49. The molecule has 1 aromatic rings. The molecule has 0 spiro atoms. The summed E-state index contributed by atoms with van der Waals surface area (Å²) in [6.07, 6.45) is 5.54. The zero-order chi connectivity index (χ0) is 19.2. The van der Waals surface area contributed by atoms with Crippen molar-refractivity contribution in [3.63, 3.8) is 0 Å². The first kappa shape index (κ1) is 23.5. The zero-order valence-electron chi connectivity index (χ0n) is 17.2. The third-order valence-electron chi connectivity index (χ3n) is 5.22. The summed E-state index contributed by atoms with van der Waals surface area (Å²) in [5.41, 5.74) is 0. The average Bonchev–Trinajstić information content (AvgIpc) is 3.37. The minimum absolute atomic E-state index is 0. The van der Waals surface area contributed by atoms with E-state index in [-0.39, 0.29) is 24.0 Å². The van der Waals surface area contributed by atoms with Gasteiger partial charge in [0.05, 0.1) is 11.6 Å². The Morgan fingerprint density at radius 2 is 2.18 bits per heavy atom. The van der Waals surface area contributed by atoms with Gasteiger partial charge in [-0.1, -0.05) is 11.6 Å². The van der Waals surface area contributed by atoms with E-state index in [1.165, 1.54) is 12.8 Å². The average molecular weight is 521 g/mol. The number of nitrogens with zero attached hydrogens (tertiary/aromatic N) is 4. The number of aliphatic imine (C=N–C) groups is 1. The third kappa shape index (κ3) is 6.62. The van der Waals surface area contributed by atoms with Gasteiger partial charge in [0.15, 0.2) is 5.96 Å². The first-order chi connectivity index (χ1) is 13.1. The van der Waals surface area contributed by atoms with Crippen molar-refractivity contribution in [2.45, 2.75) is 58.2 Å². The second kappa shape index (κ2) is 11.4. The smallest absolute Gasteiger partial charge is 0.191 e. The van der Waals surface area contributed by atoms with Crippen LogP contribution in [0, 0.1) is 0 Å². The molecule has 1 aromatic heterocycles. The predicted octanol–water partition coefficient (Wildman–Crippen LogP) is 3.36. The van der Waals surface area contributed by atoms with Crippen LogP contribution in [-0.4, -0.2) is 66.7 Å². The standard InChI is InChI=1S/C20H33ClN6.HI/c1-4-22-20(24-11-13-27(15(2)3)17-7-8-17)25-16-9-12-26(14-16)19-18(21)6-5-10-23-19;/h5-6,10,15-17H,4,7-9,11-14H2,1-3H3,(H2,22,24,25);1H. The Labute approximate surface area is 191 Å². The van der Waals surface area contributed by atoms with E-state index in [4.69, 9.17) is 16.6 Å². The Morgan fingerprint density at radius 1 is 1.39 bits per heavy atom. The molecule has 3 rings (SSSR count). The Bertz CT molecular complexity index is 635. The van der Waals surface area contributed by atoms with E-state index in [0.29, 0.717) is 17.1 Å². The lowest BCUT2D eigenvalue weighted by Crippen LogP contribution is -2.45. The SMILES string of the molecule is CCNC(=NCCN(C(C)C)C1CC1)NC1CCN(c2ncccc2Cl)C1.I. The number of rotatable bonds is 8. The van der Waals surface area contributed by atoms with Gasteiger partial charge in [-0.05, 0) is 52.2 Å². The monoisotopic (exact) mass is 520 g/mol. The van der Waals surface area contributed by atoms with E-state index in [1.807, 2.05) is 12.1 Å². The van der Waals surface area contributed by atoms with Crippen LogP contribution in [0.5, 0.6) is 0 Å². The van der Waals surface area contributed by atoms with Crippen LogP contribution in [-0.2, 0) is 0 Å². The highest BCUT2D eigenvalue weighted by Crippen LogP contribution is 2.28. The maximum atomic E-state index is 6.30. The van der Waals surface area contributed by atoms with Crippen molar-refractivity contribution in [2.24, 2.45) is 4.99 Å². The Balaban J connectivity index is 0.00000280. The molecule has 0 bridgehead atoms. The Hall–Kier alpha value is -0.800. The number of pyridine rings is 1. The van der Waals surface area contributed by atoms with Crippen LogP contribution >= 0.6 is 35.6 Å². The molecule has 1 saturated heterocycles. The summed E-state index contributed by atoms with van der Waals surface area (Å²) in [4.78, 5) is 14.1. The van der Waals surface area contributed by atoms with Gasteiger partial charge in [-0.15, -0.1) is 24.0 Å². The molecule has 1 aliphatic carbocycles. The van der Waals surface area contributed by atoms with E-state index in [9.17, 15) is 0 Å². The maximum absolute atomic E-state index is 6.30. The molecule has 6 nitrogen and oxygen atoms in total. The number of nitrogens with one attached hydrogen (secondary N) is 2. The maximum Gasteiger partial charge on any atom is 0.191 e. The number of aromatic nitrogens is 1. The second-order valence-corrected chi connectivity index (χ2v) is 8.12. The fourth-order valence-electron chi connectivity index (χ4n) is 3.74. The molecule has 1 saturated carbocycles. The summed E-state index contributed by atoms with van der Waals surface area (Å²) in [5.74, 6) is 1.79. The molecule has 1 aliphatic heterocycles. The molecule has 0 aromatic carbocycles. The summed E-state index contributed by atoms with van der Waals surface area (Å²) >= 11 is 6.30. The van der Waals surface area contributed by atoms with Crippen molar-refractivity contribution >= 4 is 47.4 Å². The Morgan fingerprint density at radius 3 is 2.82 bits per heavy atom. The normalized spacial score (nSPS) is 19.9. The molecule has 158 valence electrons. The third-order valence-corrected chi connectivity index (χ3v) is 5.51. The number of halogens is 2. The Kier molecular flexibility index (Phi) is 9.56. The molecule has 1 atom stereocenters. The molecule has 0 radical (unpaired) electrons. The number of hydrogen-bond donors (Lipinski definition) is 2. The molecule has 2 aliphatic rings. The molecule has 2 heterocycles. The van der Waals surface area contributed by atoms with Crippen molar-refractivity contribution in [1.29, 1.82) is 0 Å². The number of anilines is 1. The molecule has 1 unspecified atom stereocenters. The minimum Gasteiger partial charge on any atom is -0.357 e. The topological polar surface area (TPSA) is 55.8 Å². The highest BCUT2D eigenvalue weighted by Gasteiger charge is 2.30. The largest absolute Gasteiger partial charge is 0.357 e. The van der Waals surface area contributed by atoms with Crippen LogP contribution in [0.25, 0.3) is 0 Å². The van der Waals surface area contributed by atoms with Gasteiger partial charge in [-0.2, -0.15) is 0 Å². The molecule has 0 amide bonds. The van der Waals surface area contributed by atoms with Crippen LogP contribution in [0.1, 0.15) is 40.0 Å². The molecule has 28 heavy (non-hydrogen) atoms. The summed E-state index contributed by atoms with van der Waals surface area (Å²) in [5, 5.41) is 7.69. The molecule has 2 N–H and O–H groups in total. The number of guanidine groups is 1. The summed E-state index contributed by atoms with van der Waals surface area (Å²) in [6.45, 7) is 11.2. The van der Waals surface area contributed by atoms with E-state index in [2.05, 4.69) is 46.2 Å². The van der Waals surface area contributed by atoms with E-state index in [1.54, 1.807) is 6.20 Å². The molecular formula is C20H34ClIN6. The minimum atomic E-state index is 0. The van der Waals surface area contributed by atoms with Gasteiger partial charge in [0.2, 0.25) is 0 Å². The number of hydrogen-bond acceptors (Lipinski definition) is 4. The lowest BCUT2D eigenvalue weighted by molar-refractivity contribution is 0.218. The van der Waals surface area contributed by atoms with Gasteiger partial charge in [0.1, 0.15) is 5.82 Å². The molecular weight excluding hydrogens is 487 g/mol. The first-order valence-electron chi connectivity index (χ1n) is 10.2. The van der Waals surface area contributed by atoms with Crippen LogP contribution in [0.2, 0.25) is 5.02 Å². The van der Waals surface area contributed by atoms with Crippen molar-refractivity contribution in [1.82, 2.24) is 20.5 Å². The van der Waals surface area contributed by atoms with Gasteiger partial charge in [0, 0.05) is 50.5 Å². The highest BCUT2D eigenvalue weighted by molar-refractivity contribution is 14.0. The highest BCUT2D eigenvalue weighted by atomic mass is 127. The van der Waals surface area contributed by atoms with Crippen molar-refractivity contribution in [2.75, 3.05) is 37.6 Å². The van der Waals surface area contributed by atoms with Crippen LogP contribution in [0.15, 0.2) is 23.3 Å². The summed E-state index contributed by atoms with van der Waals surface area (Å²) < 4.78 is 0. The van der Waals surface area contributed by atoms with Crippen LogP contribution in [0.4, 0.5) is 5.82 Å². The van der Waals surface area contributed by atoms with E-state index in [0.717, 1.165) is 57.0 Å². The van der Waals surface area contributed by atoms with E-state index < -0.39 is 0 Å². The van der Waals surface area contributed by atoms with Gasteiger partial charge < -0.3 is 15.5 Å². The fourth-order valence-corrected chi connectivity index (χ4v) is 3.98. The fraction of sp³-hybridized carbons (Fsp3) is 0.700. The van der Waals surface area contributed by atoms with Gasteiger partial charge in [-0.3, -0.25) is 9.89 Å². The second-order valence-electron chi connectivity index (χ2n) is 7.71. The lowest BCUT2D eigenvalue weighted by Gasteiger charge is -2.25. The van der Waals surface area contributed by atoms with Crippen LogP contribution < -0.4 is 15.5 Å². The van der Waals surface area contributed by atoms with Gasteiger partial charge >= 0.3 is 0 Å². The quantitative estimate of drug-likeness (QED) is 0.313. The molecule has 2 fully saturated rings. The zero-order valence-corrected chi connectivity index (χ0v) is 20.3. The molecule has 8 heteroatoms. The van der Waals surface area contributed by atoms with Gasteiger partial charge in [0.25, 0.3) is 0 Å². The van der Waals surface area contributed by atoms with E-state index >= 15 is 0 Å². The summed E-state index contributed by atoms with van der Waals surface area (Å²) in [7, 11) is 0. The van der Waals surface area contributed by atoms with Crippen molar-refractivity contribution in [3.8, 4) is 0 Å². The van der Waals surface area contributed by atoms with Crippen LogP contribution in [0.3, 0.4) is 0 Å². The predicted molar refractivity (Wildman–Crippen MR) is 129 cm³/mol. The van der Waals surface area contributed by atoms with Gasteiger partial charge in [-0.25, -0.2) is 4.98 Å². The lowest BCUT2D eigenvalue weighted by atomic mass is 10.3. The van der Waals surface area contributed by atoms with Crippen molar-refractivity contribution < 1.29 is 0 Å². The van der Waals surface area contributed by atoms with Crippen molar-refractivity contribution in [3.05, 3.63) is 23.4 Å².